The molecule has 0 aliphatic carbocycles. The van der Waals surface area contributed by atoms with Crippen molar-refractivity contribution in [3.63, 3.8) is 0 Å². The van der Waals surface area contributed by atoms with E-state index in [2.05, 4.69) is 51.3 Å². The molecule has 17 heavy (non-hydrogen) atoms. The van der Waals surface area contributed by atoms with Crippen LogP contribution in [-0.2, 0) is 0 Å². The molecule has 2 aliphatic heterocycles. The number of rotatable bonds is 1. The molecule has 0 spiro atoms. The molecule has 2 atom stereocenters. The summed E-state index contributed by atoms with van der Waals surface area (Å²) >= 11 is 3.57. The molecule has 0 radical (unpaired) electrons. The van der Waals surface area contributed by atoms with Crippen LogP contribution in [-0.4, -0.2) is 26.2 Å². The van der Waals surface area contributed by atoms with E-state index in [1.54, 1.807) is 0 Å². The number of nitrogens with one attached hydrogen (secondary N) is 1. The minimum atomic E-state index is 0.839. The molecule has 3 heteroatoms. The third-order valence-corrected chi connectivity index (χ3v) is 4.89. The van der Waals surface area contributed by atoms with Crippen LogP contribution >= 0.6 is 15.9 Å². The van der Waals surface area contributed by atoms with E-state index in [9.17, 15) is 0 Å². The van der Waals surface area contributed by atoms with Crippen molar-refractivity contribution in [3.8, 4) is 0 Å². The molecule has 1 aromatic carbocycles. The summed E-state index contributed by atoms with van der Waals surface area (Å²) in [4.78, 5) is 2.57. The van der Waals surface area contributed by atoms with E-state index in [-0.39, 0.29) is 0 Å². The first-order valence-corrected chi connectivity index (χ1v) is 7.23. The van der Waals surface area contributed by atoms with Crippen molar-refractivity contribution in [2.24, 2.45) is 11.8 Å². The highest BCUT2D eigenvalue weighted by molar-refractivity contribution is 9.10. The van der Waals surface area contributed by atoms with Crippen LogP contribution in [0, 0.1) is 18.8 Å². The Bertz CT molecular complexity index is 407. The summed E-state index contributed by atoms with van der Waals surface area (Å²) in [7, 11) is 0. The van der Waals surface area contributed by atoms with Gasteiger partial charge >= 0.3 is 0 Å². The average Bonchev–Trinajstić information content (AvgIpc) is 2.32. The van der Waals surface area contributed by atoms with Gasteiger partial charge < -0.3 is 10.2 Å². The van der Waals surface area contributed by atoms with Gasteiger partial charge in [0, 0.05) is 23.2 Å². The molecule has 2 saturated heterocycles. The highest BCUT2D eigenvalue weighted by Crippen LogP contribution is 2.30. The van der Waals surface area contributed by atoms with Crippen molar-refractivity contribution >= 4 is 21.6 Å². The summed E-state index contributed by atoms with van der Waals surface area (Å²) in [5, 5.41) is 3.55. The summed E-state index contributed by atoms with van der Waals surface area (Å²) in [6.45, 7) is 6.99. The van der Waals surface area contributed by atoms with Crippen molar-refractivity contribution in [1.82, 2.24) is 5.32 Å². The fourth-order valence-corrected chi connectivity index (χ4v) is 3.39. The Hall–Kier alpha value is -0.540. The van der Waals surface area contributed by atoms with Gasteiger partial charge in [-0.3, -0.25) is 0 Å². The second-order valence-electron chi connectivity index (χ2n) is 5.46. The second kappa shape index (κ2) is 4.62. The summed E-state index contributed by atoms with van der Waals surface area (Å²) in [6.07, 6.45) is 1.42. The molecule has 0 amide bonds. The Labute approximate surface area is 112 Å². The lowest BCUT2D eigenvalue weighted by Crippen LogP contribution is -2.51. The molecule has 2 aliphatic rings. The molecule has 1 aromatic rings. The Morgan fingerprint density at radius 1 is 1.24 bits per heavy atom. The molecule has 2 fully saturated rings. The molecule has 2 bridgehead atoms. The van der Waals surface area contributed by atoms with Crippen LogP contribution in [0.25, 0.3) is 0 Å². The van der Waals surface area contributed by atoms with Gasteiger partial charge in [0.2, 0.25) is 0 Å². The number of benzene rings is 1. The molecule has 92 valence electrons. The van der Waals surface area contributed by atoms with Gasteiger partial charge in [-0.1, -0.05) is 15.9 Å². The number of hydrogen-bond acceptors (Lipinski definition) is 2. The predicted molar refractivity (Wildman–Crippen MR) is 75.6 cm³/mol. The van der Waals surface area contributed by atoms with Crippen LogP contribution in [0.1, 0.15) is 12.0 Å². The molecule has 2 unspecified atom stereocenters. The summed E-state index contributed by atoms with van der Waals surface area (Å²) < 4.78 is 1.21. The van der Waals surface area contributed by atoms with Crippen LogP contribution in [0.3, 0.4) is 0 Å². The van der Waals surface area contributed by atoms with Gasteiger partial charge in [0.25, 0.3) is 0 Å². The van der Waals surface area contributed by atoms with Gasteiger partial charge in [0.15, 0.2) is 0 Å². The third kappa shape index (κ3) is 2.36. The van der Waals surface area contributed by atoms with Crippen molar-refractivity contribution < 1.29 is 0 Å². The molecule has 1 N–H and O–H groups in total. The van der Waals surface area contributed by atoms with E-state index in [1.165, 1.54) is 48.3 Å². The Kier molecular flexibility index (Phi) is 3.14. The van der Waals surface area contributed by atoms with Crippen LogP contribution in [0.5, 0.6) is 0 Å². The molecular formula is C14H19BrN2. The van der Waals surface area contributed by atoms with E-state index in [4.69, 9.17) is 0 Å². The smallest absolute Gasteiger partial charge is 0.0369 e. The number of fused-ring (bicyclic) bond motifs is 2. The lowest BCUT2D eigenvalue weighted by atomic mass is 9.85. The summed E-state index contributed by atoms with van der Waals surface area (Å²) in [6, 6.07) is 6.72. The lowest BCUT2D eigenvalue weighted by molar-refractivity contribution is 0.250. The van der Waals surface area contributed by atoms with Gasteiger partial charge in [-0.25, -0.2) is 0 Å². The first-order chi connectivity index (χ1) is 8.22. The number of hydrogen-bond donors (Lipinski definition) is 1. The van der Waals surface area contributed by atoms with Crippen molar-refractivity contribution in [2.45, 2.75) is 13.3 Å². The molecule has 0 saturated carbocycles. The highest BCUT2D eigenvalue weighted by atomic mass is 79.9. The maximum atomic E-state index is 3.57. The van der Waals surface area contributed by atoms with Crippen molar-refractivity contribution in [3.05, 3.63) is 28.2 Å². The number of nitrogens with zero attached hydrogens (tertiary/aromatic N) is 1. The van der Waals surface area contributed by atoms with Gasteiger partial charge in [-0.15, -0.1) is 0 Å². The molecular weight excluding hydrogens is 276 g/mol. The van der Waals surface area contributed by atoms with Crippen LogP contribution < -0.4 is 10.2 Å². The van der Waals surface area contributed by atoms with Gasteiger partial charge in [0.1, 0.15) is 0 Å². The van der Waals surface area contributed by atoms with E-state index in [1.807, 2.05) is 0 Å². The SMILES string of the molecule is Cc1cc(N2CC3CNCC(C3)C2)ccc1Br. The largest absolute Gasteiger partial charge is 0.371 e. The first kappa shape index (κ1) is 11.5. The Morgan fingerprint density at radius 2 is 1.94 bits per heavy atom. The topological polar surface area (TPSA) is 15.3 Å². The monoisotopic (exact) mass is 294 g/mol. The Balaban J connectivity index is 1.81. The zero-order valence-electron chi connectivity index (χ0n) is 10.2. The minimum Gasteiger partial charge on any atom is -0.371 e. The fraction of sp³-hybridized carbons (Fsp3) is 0.571. The predicted octanol–water partition coefficient (Wildman–Crippen LogP) is 2.80. The van der Waals surface area contributed by atoms with E-state index in [0.717, 1.165) is 11.8 Å². The minimum absolute atomic E-state index is 0.839. The number of piperidine rings is 2. The number of anilines is 1. The van der Waals surface area contributed by atoms with Crippen LogP contribution in [0.15, 0.2) is 22.7 Å². The first-order valence-electron chi connectivity index (χ1n) is 6.44. The Morgan fingerprint density at radius 3 is 2.59 bits per heavy atom. The lowest BCUT2D eigenvalue weighted by Gasteiger charge is -2.43. The van der Waals surface area contributed by atoms with Gasteiger partial charge in [-0.05, 0) is 62.0 Å². The van der Waals surface area contributed by atoms with E-state index < -0.39 is 0 Å². The average molecular weight is 295 g/mol. The van der Waals surface area contributed by atoms with Gasteiger partial charge in [0.05, 0.1) is 0 Å². The maximum Gasteiger partial charge on any atom is 0.0369 e. The molecule has 2 nitrogen and oxygen atoms in total. The second-order valence-corrected chi connectivity index (χ2v) is 6.32. The van der Waals surface area contributed by atoms with E-state index >= 15 is 0 Å². The third-order valence-electron chi connectivity index (χ3n) is 4.00. The zero-order chi connectivity index (χ0) is 11.8. The normalized spacial score (nSPS) is 28.2. The quantitative estimate of drug-likeness (QED) is 0.857. The summed E-state index contributed by atoms with van der Waals surface area (Å²) in [5.74, 6) is 1.68. The summed E-state index contributed by atoms with van der Waals surface area (Å²) in [5.41, 5.74) is 2.72. The number of aryl methyl sites for hydroxylation is 1. The molecule has 0 aromatic heterocycles. The van der Waals surface area contributed by atoms with Crippen molar-refractivity contribution in [1.29, 1.82) is 0 Å². The van der Waals surface area contributed by atoms with Crippen LogP contribution in [0.4, 0.5) is 5.69 Å². The van der Waals surface area contributed by atoms with Gasteiger partial charge in [-0.2, -0.15) is 0 Å². The highest BCUT2D eigenvalue weighted by Gasteiger charge is 2.30. The number of halogens is 1. The maximum absolute atomic E-state index is 3.57. The van der Waals surface area contributed by atoms with Crippen LogP contribution in [0.2, 0.25) is 0 Å². The molecule has 3 rings (SSSR count). The molecule has 2 heterocycles. The van der Waals surface area contributed by atoms with Crippen molar-refractivity contribution in [2.75, 3.05) is 31.1 Å². The fourth-order valence-electron chi connectivity index (χ4n) is 3.14. The zero-order valence-corrected chi connectivity index (χ0v) is 11.8. The standard InChI is InChI=1S/C14H19BrN2/c1-10-4-13(2-3-14(10)15)17-8-11-5-12(9-17)7-16-6-11/h2-4,11-12,16H,5-9H2,1H3. The van der Waals surface area contributed by atoms with E-state index in [0.29, 0.717) is 0 Å².